The number of benzene rings is 2. The molecule has 0 aliphatic carbocycles. The highest BCUT2D eigenvalue weighted by atomic mass is 28.4. The first-order valence-corrected chi connectivity index (χ1v) is 17.4. The number of carbonyl (C=O) groups excluding carboxylic acids is 2. The maximum absolute atomic E-state index is 15.7. The van der Waals surface area contributed by atoms with E-state index in [1.807, 2.05) is 29.2 Å². The third-order valence-electron chi connectivity index (χ3n) is 8.98. The molecule has 0 unspecified atom stereocenters. The van der Waals surface area contributed by atoms with Crippen LogP contribution < -0.4 is 9.80 Å². The first-order valence-electron chi connectivity index (χ1n) is 14.5. The standard InChI is InChI=1S/C30H38FN3O6Si/c1-20-28(41(2,3)31)26(15-17-35)40-30(20)24-18-23(34(38)39)13-14-25(24)33(29(30)37)19-21-9-11-22(12-10-21)32-16-7-5-4-6-8-27(32)36/h9-14,18,20,26,28,35H,4-8,15-17,19H2,1-3H3/t20-,26+,28-,30+/m1/s1. The SMILES string of the molecule is C[C@@H]1[C@@H]([Si](C)(C)F)[C@H](CCO)O[C@@]12C(=O)N(Cc1ccc(N3CCCCCCC3=O)cc1)c1ccc([N+](=O)[O-])cc12. The van der Waals surface area contributed by atoms with Crippen molar-refractivity contribution in [3.05, 3.63) is 63.7 Å². The zero-order valence-corrected chi connectivity index (χ0v) is 24.8. The largest absolute Gasteiger partial charge is 0.396 e. The molecular formula is C30H38FN3O6Si. The summed E-state index contributed by atoms with van der Waals surface area (Å²) >= 11 is 0. The number of nitro groups is 1. The highest BCUT2D eigenvalue weighted by molar-refractivity contribution is 6.72. The molecule has 2 aromatic carbocycles. The van der Waals surface area contributed by atoms with Crippen molar-refractivity contribution in [1.82, 2.24) is 0 Å². The number of halogens is 1. The normalized spacial score (nSPS) is 26.8. The van der Waals surface area contributed by atoms with E-state index < -0.39 is 36.5 Å². The second-order valence-corrected chi connectivity index (χ2v) is 15.8. The highest BCUT2D eigenvalue weighted by Gasteiger charge is 2.66. The number of anilines is 2. The number of non-ortho nitro benzene ring substituents is 1. The van der Waals surface area contributed by atoms with Gasteiger partial charge in [0.05, 0.1) is 23.3 Å². The quantitative estimate of drug-likeness (QED) is 0.197. The second kappa shape index (κ2) is 11.3. The lowest BCUT2D eigenvalue weighted by molar-refractivity contribution is -0.385. The van der Waals surface area contributed by atoms with Crippen molar-refractivity contribution in [2.24, 2.45) is 5.92 Å². The van der Waals surface area contributed by atoms with E-state index in [1.54, 1.807) is 31.0 Å². The maximum atomic E-state index is 15.7. The number of fused-ring (bicyclic) bond motifs is 2. The van der Waals surface area contributed by atoms with Gasteiger partial charge in [0, 0.05) is 54.4 Å². The van der Waals surface area contributed by atoms with E-state index in [0.717, 1.165) is 36.9 Å². The summed E-state index contributed by atoms with van der Waals surface area (Å²) in [6, 6.07) is 11.9. The Hall–Kier alpha value is -3.15. The number of rotatable bonds is 7. The van der Waals surface area contributed by atoms with Crippen LogP contribution >= 0.6 is 0 Å². The molecule has 0 aromatic heterocycles. The smallest absolute Gasteiger partial charge is 0.269 e. The Morgan fingerprint density at radius 3 is 2.49 bits per heavy atom. The lowest BCUT2D eigenvalue weighted by atomic mass is 9.82. The van der Waals surface area contributed by atoms with Gasteiger partial charge in [0.15, 0.2) is 5.60 Å². The minimum Gasteiger partial charge on any atom is -0.396 e. The van der Waals surface area contributed by atoms with Crippen molar-refractivity contribution in [3.8, 4) is 0 Å². The predicted octanol–water partition coefficient (Wildman–Crippen LogP) is 5.60. The molecule has 220 valence electrons. The molecule has 5 rings (SSSR count). The average molecular weight is 584 g/mol. The van der Waals surface area contributed by atoms with Crippen LogP contribution in [0, 0.1) is 16.0 Å². The summed E-state index contributed by atoms with van der Waals surface area (Å²) in [5.41, 5.74) is 0.165. The molecule has 1 N–H and O–H groups in total. The number of carbonyl (C=O) groups is 2. The van der Waals surface area contributed by atoms with E-state index in [0.29, 0.717) is 24.2 Å². The van der Waals surface area contributed by atoms with Gasteiger partial charge in [-0.1, -0.05) is 31.9 Å². The molecule has 2 fully saturated rings. The lowest BCUT2D eigenvalue weighted by Crippen LogP contribution is -2.45. The number of hydrogen-bond donors (Lipinski definition) is 1. The van der Waals surface area contributed by atoms with Crippen molar-refractivity contribution >= 4 is 37.3 Å². The minimum absolute atomic E-state index is 0.114. The second-order valence-electron chi connectivity index (χ2n) is 12.0. The summed E-state index contributed by atoms with van der Waals surface area (Å²) in [7, 11) is -3.37. The lowest BCUT2D eigenvalue weighted by Gasteiger charge is -2.31. The Morgan fingerprint density at radius 2 is 1.83 bits per heavy atom. The van der Waals surface area contributed by atoms with Crippen molar-refractivity contribution in [1.29, 1.82) is 0 Å². The molecule has 0 radical (unpaired) electrons. The zero-order valence-electron chi connectivity index (χ0n) is 23.8. The van der Waals surface area contributed by atoms with E-state index >= 15 is 4.11 Å². The van der Waals surface area contributed by atoms with Crippen LogP contribution in [0.25, 0.3) is 0 Å². The topological polar surface area (TPSA) is 113 Å². The van der Waals surface area contributed by atoms with Crippen LogP contribution in [0.5, 0.6) is 0 Å². The fourth-order valence-electron chi connectivity index (χ4n) is 7.10. The first kappa shape index (κ1) is 29.3. The molecule has 3 heterocycles. The van der Waals surface area contributed by atoms with Crippen LogP contribution in [0.15, 0.2) is 42.5 Å². The van der Waals surface area contributed by atoms with Gasteiger partial charge in [0.25, 0.3) is 11.6 Å². The third-order valence-corrected chi connectivity index (χ3v) is 11.4. The van der Waals surface area contributed by atoms with Crippen LogP contribution in [-0.4, -0.2) is 49.5 Å². The molecule has 11 heteroatoms. The predicted molar refractivity (Wildman–Crippen MR) is 156 cm³/mol. The van der Waals surface area contributed by atoms with Gasteiger partial charge in [0.1, 0.15) is 0 Å². The molecule has 4 atom stereocenters. The van der Waals surface area contributed by atoms with Crippen molar-refractivity contribution in [2.75, 3.05) is 23.0 Å². The molecule has 2 saturated heterocycles. The van der Waals surface area contributed by atoms with E-state index in [2.05, 4.69) is 0 Å². The molecule has 0 bridgehead atoms. The van der Waals surface area contributed by atoms with Crippen molar-refractivity contribution in [2.45, 2.75) is 82.3 Å². The molecule has 9 nitrogen and oxygen atoms in total. The zero-order chi connectivity index (χ0) is 29.5. The Labute approximate surface area is 240 Å². The van der Waals surface area contributed by atoms with Gasteiger partial charge in [-0.2, -0.15) is 0 Å². The van der Waals surface area contributed by atoms with Gasteiger partial charge in [-0.05, 0) is 56.1 Å². The molecule has 3 aliphatic rings. The van der Waals surface area contributed by atoms with Crippen LogP contribution in [0.3, 0.4) is 0 Å². The Bertz CT molecular complexity index is 1330. The Morgan fingerprint density at radius 1 is 1.12 bits per heavy atom. The number of amides is 2. The first-order chi connectivity index (χ1) is 19.5. The van der Waals surface area contributed by atoms with E-state index in [4.69, 9.17) is 4.74 Å². The average Bonchev–Trinajstić information content (AvgIpc) is 3.34. The summed E-state index contributed by atoms with van der Waals surface area (Å²) in [4.78, 5) is 41.6. The van der Waals surface area contributed by atoms with Crippen LogP contribution in [0.4, 0.5) is 21.2 Å². The highest BCUT2D eigenvalue weighted by Crippen LogP contribution is 2.60. The van der Waals surface area contributed by atoms with Crippen LogP contribution in [0.2, 0.25) is 18.6 Å². The molecule has 2 aromatic rings. The van der Waals surface area contributed by atoms with Crippen LogP contribution in [-0.2, 0) is 26.5 Å². The summed E-state index contributed by atoms with van der Waals surface area (Å²) < 4.78 is 22.1. The maximum Gasteiger partial charge on any atom is 0.269 e. The van der Waals surface area contributed by atoms with Crippen molar-refractivity contribution in [3.63, 3.8) is 0 Å². The monoisotopic (exact) mass is 583 g/mol. The molecule has 0 saturated carbocycles. The Balaban J connectivity index is 1.50. The molecule has 3 aliphatic heterocycles. The van der Waals surface area contributed by atoms with E-state index in [1.165, 1.54) is 12.1 Å². The van der Waals surface area contributed by atoms with Gasteiger partial charge in [-0.25, -0.2) is 0 Å². The molecule has 41 heavy (non-hydrogen) atoms. The van der Waals surface area contributed by atoms with E-state index in [-0.39, 0.29) is 37.1 Å². The molecule has 1 spiro atoms. The van der Waals surface area contributed by atoms with E-state index in [9.17, 15) is 24.8 Å². The van der Waals surface area contributed by atoms with Gasteiger partial charge >= 0.3 is 0 Å². The van der Waals surface area contributed by atoms with Gasteiger partial charge in [-0.3, -0.25) is 19.7 Å². The van der Waals surface area contributed by atoms with Gasteiger partial charge in [-0.15, -0.1) is 0 Å². The molecular weight excluding hydrogens is 545 g/mol. The van der Waals surface area contributed by atoms with Gasteiger partial charge in [0.2, 0.25) is 14.3 Å². The fourth-order valence-corrected chi connectivity index (χ4v) is 9.64. The van der Waals surface area contributed by atoms with Crippen molar-refractivity contribution < 1.29 is 28.5 Å². The third kappa shape index (κ3) is 5.19. The summed E-state index contributed by atoms with van der Waals surface area (Å²) in [5.74, 6) is -0.861. The minimum atomic E-state index is -3.37. The summed E-state index contributed by atoms with van der Waals surface area (Å²) in [6.45, 7) is 5.57. The number of ether oxygens (including phenoxy) is 1. The van der Waals surface area contributed by atoms with Crippen LogP contribution in [0.1, 0.15) is 56.6 Å². The summed E-state index contributed by atoms with van der Waals surface area (Å²) in [6.07, 6.45) is 4.04. The molecule has 2 amide bonds. The Kier molecular flexibility index (Phi) is 8.06. The number of aliphatic hydroxyl groups excluding tert-OH is 1. The number of hydrogen-bond acceptors (Lipinski definition) is 6. The number of aliphatic hydroxyl groups is 1. The summed E-state index contributed by atoms with van der Waals surface area (Å²) in [5, 5.41) is 21.4. The number of nitrogens with zero attached hydrogens (tertiary/aromatic N) is 3. The van der Waals surface area contributed by atoms with Gasteiger partial charge < -0.3 is 23.8 Å². The fraction of sp³-hybridized carbons (Fsp3) is 0.533. The number of nitro benzene ring substituents is 1.